The Kier molecular flexibility index (Phi) is 6.02. The maximum atomic E-state index is 10.9. The van der Waals surface area contributed by atoms with Crippen LogP contribution in [0.25, 0.3) is 0 Å². The zero-order valence-corrected chi connectivity index (χ0v) is 16.5. The molecule has 146 valence electrons. The van der Waals surface area contributed by atoms with Gasteiger partial charge in [0.05, 0.1) is 4.90 Å². The summed E-state index contributed by atoms with van der Waals surface area (Å²) in [6, 6.07) is 20.5. The highest BCUT2D eigenvalue weighted by atomic mass is 32.2. The van der Waals surface area contributed by atoms with Gasteiger partial charge >= 0.3 is 0 Å². The summed E-state index contributed by atoms with van der Waals surface area (Å²) in [6.45, 7) is 4.36. The van der Waals surface area contributed by atoms with Crippen LogP contribution in [0.5, 0.6) is 23.0 Å². The summed E-state index contributed by atoms with van der Waals surface area (Å²) in [7, 11) is -4.46. The van der Waals surface area contributed by atoms with Crippen LogP contribution in [0.1, 0.15) is 31.7 Å². The number of benzene rings is 3. The SMILES string of the molecule is CCC(C)c1ccc(Oc2ccc(Oc3ccc(S(=O)(=O)[O-])cc3)cc2)cc1. The summed E-state index contributed by atoms with van der Waals surface area (Å²) in [5, 5.41) is 0. The molecule has 0 N–H and O–H groups in total. The minimum absolute atomic E-state index is 0.289. The fourth-order valence-electron chi connectivity index (χ4n) is 2.62. The fourth-order valence-corrected chi connectivity index (χ4v) is 3.09. The minimum atomic E-state index is -4.46. The Balaban J connectivity index is 1.63. The van der Waals surface area contributed by atoms with Crippen molar-refractivity contribution in [1.82, 2.24) is 0 Å². The highest BCUT2D eigenvalue weighted by Gasteiger charge is 2.05. The number of rotatable bonds is 7. The average Bonchev–Trinajstić information content (AvgIpc) is 2.69. The third-order valence-corrected chi connectivity index (χ3v) is 5.32. The second kappa shape index (κ2) is 8.46. The van der Waals surface area contributed by atoms with Gasteiger partial charge in [-0.1, -0.05) is 26.0 Å². The second-order valence-electron chi connectivity index (χ2n) is 6.48. The molecule has 6 heteroatoms. The van der Waals surface area contributed by atoms with E-state index in [2.05, 4.69) is 26.0 Å². The van der Waals surface area contributed by atoms with Gasteiger partial charge in [0.15, 0.2) is 0 Å². The predicted molar refractivity (Wildman–Crippen MR) is 106 cm³/mol. The summed E-state index contributed by atoms with van der Waals surface area (Å²) in [5.74, 6) is 2.96. The van der Waals surface area contributed by atoms with Crippen LogP contribution in [-0.4, -0.2) is 13.0 Å². The normalized spacial score (nSPS) is 12.4. The summed E-state index contributed by atoms with van der Waals surface area (Å²) in [6.07, 6.45) is 1.09. The van der Waals surface area contributed by atoms with Gasteiger partial charge in [0.25, 0.3) is 0 Å². The first-order valence-electron chi connectivity index (χ1n) is 8.97. The van der Waals surface area contributed by atoms with E-state index >= 15 is 0 Å². The van der Waals surface area contributed by atoms with Gasteiger partial charge in [0.2, 0.25) is 0 Å². The molecule has 1 unspecified atom stereocenters. The van der Waals surface area contributed by atoms with Gasteiger partial charge in [-0.15, -0.1) is 0 Å². The van der Waals surface area contributed by atoms with Crippen LogP contribution in [0.3, 0.4) is 0 Å². The lowest BCUT2D eigenvalue weighted by atomic mass is 9.99. The largest absolute Gasteiger partial charge is 0.744 e. The highest BCUT2D eigenvalue weighted by molar-refractivity contribution is 7.85. The summed E-state index contributed by atoms with van der Waals surface area (Å²) in [5.41, 5.74) is 1.29. The molecule has 0 aliphatic carbocycles. The molecule has 0 aliphatic heterocycles. The topological polar surface area (TPSA) is 75.7 Å². The lowest BCUT2D eigenvalue weighted by Gasteiger charge is -2.11. The van der Waals surface area contributed by atoms with Gasteiger partial charge in [0.1, 0.15) is 33.1 Å². The molecule has 5 nitrogen and oxygen atoms in total. The molecule has 3 rings (SSSR count). The lowest BCUT2D eigenvalue weighted by Crippen LogP contribution is -1.97. The molecule has 0 radical (unpaired) electrons. The first kappa shape index (κ1) is 19.9. The molecule has 0 saturated carbocycles. The van der Waals surface area contributed by atoms with Gasteiger partial charge in [-0.25, -0.2) is 8.42 Å². The van der Waals surface area contributed by atoms with Crippen LogP contribution in [0.2, 0.25) is 0 Å². The van der Waals surface area contributed by atoms with E-state index in [0.29, 0.717) is 23.2 Å². The van der Waals surface area contributed by atoms with E-state index in [1.54, 1.807) is 24.3 Å². The molecule has 3 aromatic rings. The molecular weight excluding hydrogens is 376 g/mol. The van der Waals surface area contributed by atoms with Gasteiger partial charge < -0.3 is 14.0 Å². The molecule has 0 saturated heterocycles. The summed E-state index contributed by atoms with van der Waals surface area (Å²) < 4.78 is 44.3. The maximum absolute atomic E-state index is 10.9. The van der Waals surface area contributed by atoms with Crippen LogP contribution in [0.4, 0.5) is 0 Å². The van der Waals surface area contributed by atoms with Crippen molar-refractivity contribution in [3.63, 3.8) is 0 Å². The van der Waals surface area contributed by atoms with Crippen LogP contribution < -0.4 is 9.47 Å². The van der Waals surface area contributed by atoms with Gasteiger partial charge in [-0.2, -0.15) is 0 Å². The smallest absolute Gasteiger partial charge is 0.127 e. The quantitative estimate of drug-likeness (QED) is 0.479. The molecule has 1 atom stereocenters. The molecule has 0 spiro atoms. The van der Waals surface area contributed by atoms with Crippen LogP contribution in [0.15, 0.2) is 77.7 Å². The van der Waals surface area contributed by atoms with Crippen molar-refractivity contribution in [2.45, 2.75) is 31.1 Å². The van der Waals surface area contributed by atoms with Gasteiger partial charge in [-0.3, -0.25) is 0 Å². The van der Waals surface area contributed by atoms with Crippen molar-refractivity contribution in [3.05, 3.63) is 78.4 Å². The van der Waals surface area contributed by atoms with E-state index in [1.165, 1.54) is 29.8 Å². The van der Waals surface area contributed by atoms with E-state index in [9.17, 15) is 13.0 Å². The highest BCUT2D eigenvalue weighted by Crippen LogP contribution is 2.28. The van der Waals surface area contributed by atoms with Crippen molar-refractivity contribution in [2.24, 2.45) is 0 Å². The standard InChI is InChI=1S/C22H22O5S/c1-3-16(2)17-4-6-18(7-5-17)26-19-8-10-20(11-9-19)27-21-12-14-22(15-13-21)28(23,24)25/h4-16H,3H2,1-2H3,(H,23,24,25)/p-1. The Morgan fingerprint density at radius 1 is 0.750 bits per heavy atom. The van der Waals surface area contributed by atoms with E-state index in [1.807, 2.05) is 12.1 Å². The van der Waals surface area contributed by atoms with Crippen LogP contribution in [0, 0.1) is 0 Å². The van der Waals surface area contributed by atoms with Crippen LogP contribution in [-0.2, 0) is 10.1 Å². The predicted octanol–water partition coefficient (Wildman–Crippen LogP) is 5.69. The van der Waals surface area contributed by atoms with E-state index in [-0.39, 0.29) is 4.90 Å². The lowest BCUT2D eigenvalue weighted by molar-refractivity contribution is 0.461. The molecule has 0 bridgehead atoms. The van der Waals surface area contributed by atoms with E-state index < -0.39 is 10.1 Å². The summed E-state index contributed by atoms with van der Waals surface area (Å²) >= 11 is 0. The molecule has 0 fully saturated rings. The van der Waals surface area contributed by atoms with E-state index in [4.69, 9.17) is 9.47 Å². The second-order valence-corrected chi connectivity index (χ2v) is 7.86. The zero-order valence-electron chi connectivity index (χ0n) is 15.7. The maximum Gasteiger partial charge on any atom is 0.127 e. The van der Waals surface area contributed by atoms with Crippen molar-refractivity contribution in [1.29, 1.82) is 0 Å². The fraction of sp³-hybridized carbons (Fsp3) is 0.182. The Labute approximate surface area is 165 Å². The van der Waals surface area contributed by atoms with Gasteiger partial charge in [0, 0.05) is 0 Å². The number of ether oxygens (including phenoxy) is 2. The monoisotopic (exact) mass is 397 g/mol. The Bertz CT molecular complexity index is 1010. The number of hydrogen-bond acceptors (Lipinski definition) is 5. The first-order chi connectivity index (χ1) is 13.3. The molecule has 0 amide bonds. The Morgan fingerprint density at radius 2 is 1.11 bits per heavy atom. The van der Waals surface area contributed by atoms with Crippen LogP contribution >= 0.6 is 0 Å². The molecule has 28 heavy (non-hydrogen) atoms. The Morgan fingerprint density at radius 3 is 1.46 bits per heavy atom. The third kappa shape index (κ3) is 5.12. The average molecular weight is 397 g/mol. The minimum Gasteiger partial charge on any atom is -0.744 e. The zero-order chi connectivity index (χ0) is 20.1. The van der Waals surface area contributed by atoms with Crippen molar-refractivity contribution < 1.29 is 22.4 Å². The molecule has 0 heterocycles. The molecular formula is C22H21O5S-. The summed E-state index contributed by atoms with van der Waals surface area (Å²) in [4.78, 5) is -0.289. The van der Waals surface area contributed by atoms with Gasteiger partial charge in [-0.05, 0) is 78.6 Å². The first-order valence-corrected chi connectivity index (χ1v) is 10.4. The van der Waals surface area contributed by atoms with Crippen molar-refractivity contribution in [3.8, 4) is 23.0 Å². The number of hydrogen-bond donors (Lipinski definition) is 0. The third-order valence-electron chi connectivity index (χ3n) is 4.47. The van der Waals surface area contributed by atoms with Crippen molar-refractivity contribution in [2.75, 3.05) is 0 Å². The molecule has 0 aliphatic rings. The van der Waals surface area contributed by atoms with Crippen molar-refractivity contribution >= 4 is 10.1 Å². The molecule has 3 aromatic carbocycles. The van der Waals surface area contributed by atoms with E-state index in [0.717, 1.165) is 12.2 Å². The Hall–Kier alpha value is -2.83. The molecule has 0 aromatic heterocycles.